The lowest BCUT2D eigenvalue weighted by Crippen LogP contribution is -2.15. The molecule has 18 heavy (non-hydrogen) atoms. The van der Waals surface area contributed by atoms with Crippen molar-refractivity contribution in [1.29, 1.82) is 5.26 Å². The third-order valence-electron chi connectivity index (χ3n) is 3.97. The summed E-state index contributed by atoms with van der Waals surface area (Å²) in [6.07, 6.45) is 3.45. The second-order valence-corrected chi connectivity index (χ2v) is 5.41. The first-order valence-corrected chi connectivity index (χ1v) is 6.27. The molecule has 1 aliphatic rings. The maximum absolute atomic E-state index is 9.02. The topological polar surface area (TPSA) is 32.0 Å². The summed E-state index contributed by atoms with van der Waals surface area (Å²) in [4.78, 5) is 2.29. The molecule has 0 amide bonds. The van der Waals surface area contributed by atoms with E-state index in [0.717, 1.165) is 5.56 Å². The summed E-state index contributed by atoms with van der Waals surface area (Å²) in [5.74, 6) is 0.623. The molecule has 0 N–H and O–H groups in total. The number of benzene rings is 1. The van der Waals surface area contributed by atoms with E-state index in [2.05, 4.69) is 42.9 Å². The molecule has 1 aliphatic carbocycles. The lowest BCUT2D eigenvalue weighted by Gasteiger charge is -2.07. The Morgan fingerprint density at radius 1 is 1.39 bits per heavy atom. The Bertz CT molecular complexity index is 646. The van der Waals surface area contributed by atoms with Gasteiger partial charge in [0.25, 0.3) is 0 Å². The quantitative estimate of drug-likeness (QED) is 0.806. The molecule has 2 aromatic rings. The minimum Gasteiger partial charge on any atom is -0.350 e. The van der Waals surface area contributed by atoms with E-state index < -0.39 is 0 Å². The van der Waals surface area contributed by atoms with Crippen LogP contribution in [0.1, 0.15) is 23.5 Å². The molecule has 0 saturated heterocycles. The maximum Gasteiger partial charge on any atom is 0.0991 e. The van der Waals surface area contributed by atoms with Gasteiger partial charge in [-0.1, -0.05) is 0 Å². The third kappa shape index (κ3) is 1.61. The summed E-state index contributed by atoms with van der Waals surface area (Å²) >= 11 is 0. The fourth-order valence-corrected chi connectivity index (χ4v) is 2.87. The average molecular weight is 239 g/mol. The van der Waals surface area contributed by atoms with Crippen LogP contribution in [0.15, 0.2) is 24.4 Å². The fourth-order valence-electron chi connectivity index (χ4n) is 2.87. The molecule has 1 heterocycles. The van der Waals surface area contributed by atoms with Crippen molar-refractivity contribution in [3.63, 3.8) is 0 Å². The molecule has 0 aliphatic heterocycles. The van der Waals surface area contributed by atoms with Crippen molar-refractivity contribution in [3.05, 3.63) is 35.5 Å². The van der Waals surface area contributed by atoms with Crippen molar-refractivity contribution in [3.8, 4) is 6.07 Å². The Kier molecular flexibility index (Phi) is 2.42. The highest BCUT2D eigenvalue weighted by Crippen LogP contribution is 2.46. The number of likely N-dealkylation sites (N-methyl/N-ethyl adjacent to an activating group) is 1. The van der Waals surface area contributed by atoms with E-state index in [9.17, 15) is 0 Å². The fraction of sp³-hybridized carbons (Fsp3) is 0.400. The first-order valence-electron chi connectivity index (χ1n) is 6.27. The zero-order chi connectivity index (χ0) is 12.9. The summed E-state index contributed by atoms with van der Waals surface area (Å²) < 4.78 is 2.16. The second-order valence-electron chi connectivity index (χ2n) is 5.41. The van der Waals surface area contributed by atoms with Crippen LogP contribution in [-0.4, -0.2) is 29.6 Å². The number of fused-ring (bicyclic) bond motifs is 1. The van der Waals surface area contributed by atoms with Gasteiger partial charge in [0.15, 0.2) is 0 Å². The van der Waals surface area contributed by atoms with Crippen LogP contribution in [-0.2, 0) is 7.05 Å². The second kappa shape index (κ2) is 3.86. The molecule has 0 bridgehead atoms. The van der Waals surface area contributed by atoms with Crippen LogP contribution < -0.4 is 0 Å². The van der Waals surface area contributed by atoms with Gasteiger partial charge in [-0.25, -0.2) is 0 Å². The van der Waals surface area contributed by atoms with Crippen LogP contribution >= 0.6 is 0 Å². The smallest absolute Gasteiger partial charge is 0.0991 e. The summed E-state index contributed by atoms with van der Waals surface area (Å²) in [6.45, 7) is 0. The van der Waals surface area contributed by atoms with Crippen molar-refractivity contribution in [2.45, 2.75) is 18.4 Å². The molecule has 2 atom stereocenters. The molecule has 3 heteroatoms. The highest BCUT2D eigenvalue weighted by molar-refractivity contribution is 5.86. The van der Waals surface area contributed by atoms with E-state index in [1.807, 2.05) is 18.2 Å². The molecule has 0 spiro atoms. The Balaban J connectivity index is 2.10. The van der Waals surface area contributed by atoms with Crippen LogP contribution in [0.4, 0.5) is 0 Å². The van der Waals surface area contributed by atoms with Crippen LogP contribution in [0.5, 0.6) is 0 Å². The SMILES string of the molecule is CN(C)[C@H]1C[C@H]1c1cn(C)c2ccc(C#N)cc12. The molecular formula is C15H17N3. The molecule has 1 aromatic carbocycles. The Labute approximate surface area is 107 Å². The van der Waals surface area contributed by atoms with Gasteiger partial charge >= 0.3 is 0 Å². The van der Waals surface area contributed by atoms with E-state index in [1.54, 1.807) is 0 Å². The van der Waals surface area contributed by atoms with Crippen molar-refractivity contribution in [2.75, 3.05) is 14.1 Å². The van der Waals surface area contributed by atoms with Crippen molar-refractivity contribution < 1.29 is 0 Å². The van der Waals surface area contributed by atoms with Crippen LogP contribution in [0.3, 0.4) is 0 Å². The lowest BCUT2D eigenvalue weighted by atomic mass is 10.1. The van der Waals surface area contributed by atoms with Crippen molar-refractivity contribution in [2.24, 2.45) is 7.05 Å². The summed E-state index contributed by atoms with van der Waals surface area (Å²) in [7, 11) is 6.35. The monoisotopic (exact) mass is 239 g/mol. The van der Waals surface area contributed by atoms with E-state index >= 15 is 0 Å². The number of rotatable bonds is 2. The molecule has 0 radical (unpaired) electrons. The van der Waals surface area contributed by atoms with Gasteiger partial charge in [0.1, 0.15) is 0 Å². The van der Waals surface area contributed by atoms with Gasteiger partial charge in [-0.2, -0.15) is 5.26 Å². The van der Waals surface area contributed by atoms with Crippen LogP contribution in [0.2, 0.25) is 0 Å². The van der Waals surface area contributed by atoms with Crippen LogP contribution in [0.25, 0.3) is 10.9 Å². The number of nitrogens with zero attached hydrogens (tertiary/aromatic N) is 3. The predicted molar refractivity (Wildman–Crippen MR) is 72.5 cm³/mol. The van der Waals surface area contributed by atoms with Crippen LogP contribution in [0, 0.1) is 11.3 Å². The molecule has 1 saturated carbocycles. The van der Waals surface area contributed by atoms with Crippen molar-refractivity contribution >= 4 is 10.9 Å². The summed E-state index contributed by atoms with van der Waals surface area (Å²) in [5, 5.41) is 10.3. The molecule has 3 rings (SSSR count). The summed E-state index contributed by atoms with van der Waals surface area (Å²) in [6, 6.07) is 8.84. The maximum atomic E-state index is 9.02. The lowest BCUT2D eigenvalue weighted by molar-refractivity contribution is 0.391. The van der Waals surface area contributed by atoms with Gasteiger partial charge in [0.05, 0.1) is 11.6 Å². The molecule has 0 unspecified atom stereocenters. The highest BCUT2D eigenvalue weighted by Gasteiger charge is 2.41. The minimum absolute atomic E-state index is 0.623. The molecule has 1 aromatic heterocycles. The van der Waals surface area contributed by atoms with E-state index in [0.29, 0.717) is 12.0 Å². The Morgan fingerprint density at radius 3 is 2.78 bits per heavy atom. The number of aryl methyl sites for hydroxylation is 1. The predicted octanol–water partition coefficient (Wildman–Crippen LogP) is 2.47. The van der Waals surface area contributed by atoms with Gasteiger partial charge in [-0.15, -0.1) is 0 Å². The Morgan fingerprint density at radius 2 is 2.17 bits per heavy atom. The van der Waals surface area contributed by atoms with E-state index in [4.69, 9.17) is 5.26 Å². The molecule has 3 nitrogen and oxygen atoms in total. The number of aromatic nitrogens is 1. The number of nitriles is 1. The van der Waals surface area contributed by atoms with E-state index in [-0.39, 0.29) is 0 Å². The minimum atomic E-state index is 0.623. The average Bonchev–Trinajstić information content (AvgIpc) is 3.09. The normalized spacial score (nSPS) is 22.4. The number of hydrogen-bond donors (Lipinski definition) is 0. The van der Waals surface area contributed by atoms with Gasteiger partial charge in [0, 0.05) is 36.1 Å². The Hall–Kier alpha value is -1.79. The first-order chi connectivity index (χ1) is 8.61. The molecule has 92 valence electrons. The highest BCUT2D eigenvalue weighted by atomic mass is 15.1. The van der Waals surface area contributed by atoms with Gasteiger partial charge < -0.3 is 9.47 Å². The van der Waals surface area contributed by atoms with E-state index in [1.165, 1.54) is 22.9 Å². The van der Waals surface area contributed by atoms with Gasteiger partial charge in [-0.3, -0.25) is 0 Å². The molecular weight excluding hydrogens is 222 g/mol. The van der Waals surface area contributed by atoms with Gasteiger partial charge in [-0.05, 0) is 44.3 Å². The largest absolute Gasteiger partial charge is 0.350 e. The zero-order valence-corrected chi connectivity index (χ0v) is 11.0. The van der Waals surface area contributed by atoms with Gasteiger partial charge in [0.2, 0.25) is 0 Å². The zero-order valence-electron chi connectivity index (χ0n) is 11.0. The first kappa shape index (κ1) is 11.3. The summed E-state index contributed by atoms with van der Waals surface area (Å²) in [5.41, 5.74) is 3.36. The third-order valence-corrected chi connectivity index (χ3v) is 3.97. The standard InChI is InChI=1S/C15H17N3/c1-17(2)15-7-12(15)13-9-18(3)14-5-4-10(8-16)6-11(13)14/h4-6,9,12,15H,7H2,1-3H3/t12-,15-/m0/s1. The van der Waals surface area contributed by atoms with Crippen molar-refractivity contribution in [1.82, 2.24) is 9.47 Å². The number of hydrogen-bond acceptors (Lipinski definition) is 2. The molecule has 1 fully saturated rings.